The van der Waals surface area contributed by atoms with E-state index in [0.29, 0.717) is 11.5 Å². The second kappa shape index (κ2) is 5.09. The Balaban J connectivity index is 3.25. The van der Waals surface area contributed by atoms with Gasteiger partial charge in [0, 0.05) is 17.1 Å². The van der Waals surface area contributed by atoms with E-state index in [9.17, 15) is 0 Å². The minimum Gasteiger partial charge on any atom is -0.291 e. The molecule has 0 radical (unpaired) electrons. The number of likely N-dealkylation sites (tertiary alicyclic amines) is 1. The van der Waals surface area contributed by atoms with Gasteiger partial charge in [-0.3, -0.25) is 4.90 Å². The molecule has 0 bridgehead atoms. The Morgan fingerprint density at radius 1 is 1.00 bits per heavy atom. The van der Waals surface area contributed by atoms with Crippen LogP contribution in [0.4, 0.5) is 0 Å². The SMILES string of the molecule is BC1C(C)CC(C)(C)N(C(C)C)C(C)(C)CC1(C)C. The van der Waals surface area contributed by atoms with Crippen molar-refractivity contribution in [2.45, 2.75) is 98.1 Å². The molecule has 1 saturated heterocycles. The lowest BCUT2D eigenvalue weighted by molar-refractivity contribution is -0.0635. The smallest absolute Gasteiger partial charge is 0.106 e. The summed E-state index contributed by atoms with van der Waals surface area (Å²) in [5, 5.41) is 0. The highest BCUT2D eigenvalue weighted by atomic mass is 15.3. The molecule has 1 nitrogen and oxygen atoms in total. The third-order valence-electron chi connectivity index (χ3n) is 5.62. The summed E-state index contributed by atoms with van der Waals surface area (Å²) in [5.41, 5.74) is 0.948. The largest absolute Gasteiger partial charge is 0.291 e. The molecule has 0 aromatic rings. The maximum atomic E-state index is 2.77. The van der Waals surface area contributed by atoms with E-state index in [1.807, 2.05) is 0 Å². The van der Waals surface area contributed by atoms with Gasteiger partial charge in [0.2, 0.25) is 0 Å². The van der Waals surface area contributed by atoms with Gasteiger partial charge in [-0.05, 0) is 65.7 Å². The molecule has 0 spiro atoms. The molecule has 1 aliphatic rings. The molecule has 0 aromatic carbocycles. The fourth-order valence-electron chi connectivity index (χ4n) is 5.41. The zero-order valence-electron chi connectivity index (χ0n) is 15.1. The highest BCUT2D eigenvalue weighted by molar-refractivity contribution is 6.12. The summed E-state index contributed by atoms with van der Waals surface area (Å²) in [6, 6.07) is 0.599. The van der Waals surface area contributed by atoms with Crippen molar-refractivity contribution < 1.29 is 0 Å². The molecule has 0 saturated carbocycles. The fraction of sp³-hybridized carbons (Fsp3) is 1.00. The molecule has 112 valence electrons. The lowest BCUT2D eigenvalue weighted by atomic mass is 9.55. The highest BCUT2D eigenvalue weighted by Gasteiger charge is 2.47. The molecule has 0 aliphatic carbocycles. The van der Waals surface area contributed by atoms with Gasteiger partial charge >= 0.3 is 0 Å². The lowest BCUT2D eigenvalue weighted by Crippen LogP contribution is -2.62. The normalized spacial score (nSPS) is 34.8. The van der Waals surface area contributed by atoms with Gasteiger partial charge in [-0.25, -0.2) is 0 Å². The van der Waals surface area contributed by atoms with E-state index in [-0.39, 0.29) is 11.1 Å². The minimum atomic E-state index is 0.259. The van der Waals surface area contributed by atoms with Crippen molar-refractivity contribution in [3.63, 3.8) is 0 Å². The fourth-order valence-corrected chi connectivity index (χ4v) is 5.41. The summed E-state index contributed by atoms with van der Waals surface area (Å²) in [6.45, 7) is 21.9. The molecule has 19 heavy (non-hydrogen) atoms. The Kier molecular flexibility index (Phi) is 4.58. The molecular formula is C17H36BN. The van der Waals surface area contributed by atoms with Crippen LogP contribution < -0.4 is 0 Å². The summed E-state index contributed by atoms with van der Waals surface area (Å²) >= 11 is 0. The van der Waals surface area contributed by atoms with Crippen LogP contribution >= 0.6 is 0 Å². The molecule has 0 amide bonds. The molecule has 0 N–H and O–H groups in total. The van der Waals surface area contributed by atoms with Gasteiger partial charge < -0.3 is 0 Å². The van der Waals surface area contributed by atoms with Crippen LogP contribution in [-0.2, 0) is 0 Å². The van der Waals surface area contributed by atoms with Crippen molar-refractivity contribution in [3.05, 3.63) is 0 Å². The number of hydrogen-bond donors (Lipinski definition) is 0. The molecule has 2 heteroatoms. The molecular weight excluding hydrogens is 229 g/mol. The van der Waals surface area contributed by atoms with E-state index >= 15 is 0 Å². The first-order chi connectivity index (χ1) is 8.31. The first-order valence-corrected chi connectivity index (χ1v) is 8.11. The van der Waals surface area contributed by atoms with E-state index in [2.05, 4.69) is 75.1 Å². The van der Waals surface area contributed by atoms with Crippen molar-refractivity contribution in [1.29, 1.82) is 0 Å². The van der Waals surface area contributed by atoms with Gasteiger partial charge in [-0.15, -0.1) is 0 Å². The predicted octanol–water partition coefficient (Wildman–Crippen LogP) is 4.13. The van der Waals surface area contributed by atoms with E-state index in [1.165, 1.54) is 12.8 Å². The molecule has 1 rings (SSSR count). The van der Waals surface area contributed by atoms with Gasteiger partial charge in [-0.2, -0.15) is 0 Å². The maximum absolute atomic E-state index is 2.77. The molecule has 2 unspecified atom stereocenters. The Bertz CT molecular complexity index is 317. The van der Waals surface area contributed by atoms with Crippen molar-refractivity contribution in [1.82, 2.24) is 4.90 Å². The number of nitrogens with zero attached hydrogens (tertiary/aromatic N) is 1. The predicted molar refractivity (Wildman–Crippen MR) is 89.6 cm³/mol. The molecule has 1 fully saturated rings. The highest BCUT2D eigenvalue weighted by Crippen LogP contribution is 2.50. The standard InChI is InChI=1S/C17H36BN/c1-12(2)19-16(6,7)10-13(3)14(18)15(4,5)11-17(19,8)9/h12-14H,10-11,18H2,1-9H3. The van der Waals surface area contributed by atoms with Gasteiger partial charge in [0.25, 0.3) is 0 Å². The zero-order valence-corrected chi connectivity index (χ0v) is 15.1. The molecule has 1 aliphatic heterocycles. The Labute approximate surface area is 122 Å². The quantitative estimate of drug-likeness (QED) is 0.644. The average Bonchev–Trinajstić information content (AvgIpc) is 2.09. The van der Waals surface area contributed by atoms with Gasteiger partial charge in [0.15, 0.2) is 0 Å². The summed E-state index contributed by atoms with van der Waals surface area (Å²) in [6.07, 6.45) is 2.56. The molecule has 0 aromatic heterocycles. The Morgan fingerprint density at radius 2 is 1.47 bits per heavy atom. The molecule has 1 heterocycles. The first kappa shape index (κ1) is 17.1. The average molecular weight is 265 g/mol. The Hall–Kier alpha value is 0.0249. The second-order valence-electron chi connectivity index (χ2n) is 9.22. The van der Waals surface area contributed by atoms with Crippen LogP contribution in [0.15, 0.2) is 0 Å². The van der Waals surface area contributed by atoms with Crippen molar-refractivity contribution in [2.24, 2.45) is 11.3 Å². The number of rotatable bonds is 1. The van der Waals surface area contributed by atoms with Gasteiger partial charge in [0.1, 0.15) is 7.85 Å². The van der Waals surface area contributed by atoms with Crippen LogP contribution in [-0.4, -0.2) is 29.9 Å². The van der Waals surface area contributed by atoms with Crippen molar-refractivity contribution in [3.8, 4) is 0 Å². The van der Waals surface area contributed by atoms with Crippen molar-refractivity contribution in [2.75, 3.05) is 0 Å². The monoisotopic (exact) mass is 265 g/mol. The minimum absolute atomic E-state index is 0.259. The van der Waals surface area contributed by atoms with Crippen LogP contribution in [0.25, 0.3) is 0 Å². The summed E-state index contributed by atoms with van der Waals surface area (Å²) in [7, 11) is 2.46. The first-order valence-electron chi connectivity index (χ1n) is 8.11. The summed E-state index contributed by atoms with van der Waals surface area (Å²) < 4.78 is 0. The van der Waals surface area contributed by atoms with Gasteiger partial charge in [0.05, 0.1) is 0 Å². The van der Waals surface area contributed by atoms with Crippen LogP contribution in [0.3, 0.4) is 0 Å². The maximum Gasteiger partial charge on any atom is 0.106 e. The van der Waals surface area contributed by atoms with E-state index in [1.54, 1.807) is 0 Å². The zero-order chi connectivity index (χ0) is 15.2. The summed E-state index contributed by atoms with van der Waals surface area (Å²) in [5.74, 6) is 1.56. The van der Waals surface area contributed by atoms with Crippen LogP contribution in [0, 0.1) is 11.3 Å². The van der Waals surface area contributed by atoms with E-state index in [0.717, 1.165) is 11.7 Å². The molecule has 2 atom stereocenters. The number of hydrogen-bond acceptors (Lipinski definition) is 1. The Morgan fingerprint density at radius 3 is 1.89 bits per heavy atom. The van der Waals surface area contributed by atoms with Crippen LogP contribution in [0.2, 0.25) is 5.82 Å². The van der Waals surface area contributed by atoms with Crippen molar-refractivity contribution >= 4 is 7.85 Å². The lowest BCUT2D eigenvalue weighted by Gasteiger charge is -2.58. The van der Waals surface area contributed by atoms with E-state index in [4.69, 9.17) is 0 Å². The third kappa shape index (κ3) is 3.38. The summed E-state index contributed by atoms with van der Waals surface area (Å²) in [4.78, 5) is 2.77. The van der Waals surface area contributed by atoms with Crippen LogP contribution in [0.1, 0.15) is 75.2 Å². The topological polar surface area (TPSA) is 3.24 Å². The van der Waals surface area contributed by atoms with E-state index < -0.39 is 0 Å². The van der Waals surface area contributed by atoms with Crippen LogP contribution in [0.5, 0.6) is 0 Å². The second-order valence-corrected chi connectivity index (χ2v) is 9.22. The van der Waals surface area contributed by atoms with Gasteiger partial charge in [-0.1, -0.05) is 26.6 Å². The third-order valence-corrected chi connectivity index (χ3v) is 5.62.